The van der Waals surface area contributed by atoms with Crippen molar-refractivity contribution in [1.82, 2.24) is 9.97 Å². The zero-order valence-electron chi connectivity index (χ0n) is 13.5. The minimum absolute atomic E-state index is 0.0349. The van der Waals surface area contributed by atoms with Gasteiger partial charge in [-0.25, -0.2) is 9.97 Å². The molecule has 4 N–H and O–H groups in total. The van der Waals surface area contributed by atoms with Crippen LogP contribution in [0.3, 0.4) is 0 Å². The van der Waals surface area contributed by atoms with Crippen LogP contribution in [0.25, 0.3) is 0 Å². The van der Waals surface area contributed by atoms with Crippen molar-refractivity contribution in [2.75, 3.05) is 42.3 Å². The fraction of sp³-hybridized carbons (Fsp3) is 0.375. The molecule has 0 fully saturated rings. The van der Waals surface area contributed by atoms with Crippen molar-refractivity contribution in [3.05, 3.63) is 30.6 Å². The molecule has 0 atom stereocenters. The van der Waals surface area contributed by atoms with Crippen LogP contribution in [0.15, 0.2) is 30.6 Å². The summed E-state index contributed by atoms with van der Waals surface area (Å²) in [5.74, 6) is 1.85. The summed E-state index contributed by atoms with van der Waals surface area (Å²) in [4.78, 5) is 10.4. The standard InChI is InChI=1S/C16H23N5O2/c1-3-21(9-10-22)16-14(17)15(18-11-19-16)20-12-7-5-6-8-13(12)23-4-2/h5-8,11,22H,3-4,9-10,17H2,1-2H3,(H,18,19,20). The van der Waals surface area contributed by atoms with Gasteiger partial charge in [-0.2, -0.15) is 0 Å². The highest BCUT2D eigenvalue weighted by molar-refractivity contribution is 5.79. The number of aromatic nitrogens is 2. The zero-order chi connectivity index (χ0) is 16.7. The van der Waals surface area contributed by atoms with Crippen LogP contribution in [-0.2, 0) is 0 Å². The van der Waals surface area contributed by atoms with Crippen molar-refractivity contribution >= 4 is 23.0 Å². The molecule has 0 bridgehead atoms. The number of aliphatic hydroxyl groups excluding tert-OH is 1. The molecule has 7 nitrogen and oxygen atoms in total. The van der Waals surface area contributed by atoms with Gasteiger partial charge in [0.1, 0.15) is 17.8 Å². The van der Waals surface area contributed by atoms with Gasteiger partial charge in [0.05, 0.1) is 18.9 Å². The fourth-order valence-electron chi connectivity index (χ4n) is 2.25. The molecule has 7 heteroatoms. The number of hydrogen-bond acceptors (Lipinski definition) is 7. The van der Waals surface area contributed by atoms with Crippen LogP contribution in [-0.4, -0.2) is 41.4 Å². The molecule has 0 radical (unpaired) electrons. The summed E-state index contributed by atoms with van der Waals surface area (Å²) in [5, 5.41) is 12.4. The smallest absolute Gasteiger partial charge is 0.159 e. The van der Waals surface area contributed by atoms with Crippen LogP contribution < -0.4 is 20.7 Å². The SMILES string of the molecule is CCOc1ccccc1Nc1ncnc(N(CC)CCO)c1N. The van der Waals surface area contributed by atoms with Gasteiger partial charge in [0.25, 0.3) is 0 Å². The van der Waals surface area contributed by atoms with Crippen molar-refractivity contribution in [2.45, 2.75) is 13.8 Å². The number of ether oxygens (including phenoxy) is 1. The Labute approximate surface area is 136 Å². The molecule has 0 aliphatic carbocycles. The third kappa shape index (κ3) is 4.01. The molecule has 1 heterocycles. The van der Waals surface area contributed by atoms with Crippen LogP contribution >= 0.6 is 0 Å². The van der Waals surface area contributed by atoms with E-state index in [0.29, 0.717) is 37.0 Å². The Bertz CT molecular complexity index is 636. The molecule has 0 saturated heterocycles. The van der Waals surface area contributed by atoms with Crippen molar-refractivity contribution in [3.8, 4) is 5.75 Å². The van der Waals surface area contributed by atoms with Crippen molar-refractivity contribution in [1.29, 1.82) is 0 Å². The summed E-state index contributed by atoms with van der Waals surface area (Å²) in [6, 6.07) is 7.60. The monoisotopic (exact) mass is 317 g/mol. The number of aliphatic hydroxyl groups is 1. The third-order valence-corrected chi connectivity index (χ3v) is 3.35. The van der Waals surface area contributed by atoms with E-state index in [1.165, 1.54) is 6.33 Å². The second-order valence-electron chi connectivity index (χ2n) is 4.82. The second kappa shape index (κ2) is 8.19. The molecule has 0 aliphatic rings. The molecular formula is C16H23N5O2. The molecule has 2 aromatic rings. The molecule has 0 amide bonds. The van der Waals surface area contributed by atoms with Crippen molar-refractivity contribution < 1.29 is 9.84 Å². The highest BCUT2D eigenvalue weighted by Gasteiger charge is 2.14. The minimum Gasteiger partial charge on any atom is -0.492 e. The highest BCUT2D eigenvalue weighted by Crippen LogP contribution is 2.32. The number of nitrogens with zero attached hydrogens (tertiary/aromatic N) is 3. The lowest BCUT2D eigenvalue weighted by Gasteiger charge is -2.23. The summed E-state index contributed by atoms with van der Waals surface area (Å²) in [7, 11) is 0. The Kier molecular flexibility index (Phi) is 5.99. The average Bonchev–Trinajstić information content (AvgIpc) is 2.57. The molecule has 23 heavy (non-hydrogen) atoms. The molecule has 0 saturated carbocycles. The van der Waals surface area contributed by atoms with Gasteiger partial charge in [-0.1, -0.05) is 12.1 Å². The summed E-state index contributed by atoms with van der Waals surface area (Å²) >= 11 is 0. The number of nitrogens with two attached hydrogens (primary N) is 1. The van der Waals surface area contributed by atoms with E-state index >= 15 is 0 Å². The Hall–Kier alpha value is -2.54. The van der Waals surface area contributed by atoms with E-state index in [0.717, 1.165) is 11.4 Å². The normalized spacial score (nSPS) is 10.4. The number of likely N-dealkylation sites (N-methyl/N-ethyl adjacent to an activating group) is 1. The van der Waals surface area contributed by atoms with E-state index < -0.39 is 0 Å². The molecule has 1 aromatic heterocycles. The number of anilines is 4. The summed E-state index contributed by atoms with van der Waals surface area (Å²) in [6.45, 7) is 5.68. The lowest BCUT2D eigenvalue weighted by molar-refractivity contribution is 0.302. The lowest BCUT2D eigenvalue weighted by atomic mass is 10.3. The van der Waals surface area contributed by atoms with Crippen molar-refractivity contribution in [2.24, 2.45) is 0 Å². The molecule has 124 valence electrons. The van der Waals surface area contributed by atoms with Gasteiger partial charge >= 0.3 is 0 Å². The van der Waals surface area contributed by atoms with E-state index in [9.17, 15) is 0 Å². The van der Waals surface area contributed by atoms with Gasteiger partial charge in [-0.3, -0.25) is 0 Å². The van der Waals surface area contributed by atoms with E-state index in [2.05, 4.69) is 15.3 Å². The predicted molar refractivity (Wildman–Crippen MR) is 92.3 cm³/mol. The van der Waals surface area contributed by atoms with Crippen molar-refractivity contribution in [3.63, 3.8) is 0 Å². The van der Waals surface area contributed by atoms with Crippen LogP contribution in [0.5, 0.6) is 5.75 Å². The second-order valence-corrected chi connectivity index (χ2v) is 4.82. The van der Waals surface area contributed by atoms with Gasteiger partial charge < -0.3 is 25.8 Å². The van der Waals surface area contributed by atoms with E-state index in [-0.39, 0.29) is 6.61 Å². The Morgan fingerprint density at radius 1 is 1.26 bits per heavy atom. The average molecular weight is 317 g/mol. The van der Waals surface area contributed by atoms with E-state index in [1.807, 2.05) is 43.0 Å². The van der Waals surface area contributed by atoms with Gasteiger partial charge in [-0.15, -0.1) is 0 Å². The highest BCUT2D eigenvalue weighted by atomic mass is 16.5. The van der Waals surface area contributed by atoms with Crippen LogP contribution in [0.2, 0.25) is 0 Å². The Morgan fingerprint density at radius 2 is 2.04 bits per heavy atom. The van der Waals surface area contributed by atoms with Gasteiger partial charge in [0, 0.05) is 13.1 Å². The van der Waals surface area contributed by atoms with Gasteiger partial charge in [0.15, 0.2) is 11.6 Å². The number of para-hydroxylation sites is 2. The maximum Gasteiger partial charge on any atom is 0.159 e. The summed E-state index contributed by atoms with van der Waals surface area (Å²) in [5.41, 5.74) is 7.44. The lowest BCUT2D eigenvalue weighted by Crippen LogP contribution is -2.28. The first kappa shape index (κ1) is 16.8. The van der Waals surface area contributed by atoms with Crippen LogP contribution in [0, 0.1) is 0 Å². The first-order valence-corrected chi connectivity index (χ1v) is 7.66. The number of nitrogen functional groups attached to an aromatic ring is 1. The van der Waals surface area contributed by atoms with Gasteiger partial charge in [0.2, 0.25) is 0 Å². The number of hydrogen-bond donors (Lipinski definition) is 3. The summed E-state index contributed by atoms with van der Waals surface area (Å²) < 4.78 is 5.60. The Morgan fingerprint density at radius 3 is 2.74 bits per heavy atom. The number of benzene rings is 1. The molecule has 2 rings (SSSR count). The molecule has 0 aliphatic heterocycles. The largest absolute Gasteiger partial charge is 0.492 e. The third-order valence-electron chi connectivity index (χ3n) is 3.35. The maximum atomic E-state index is 9.16. The molecular weight excluding hydrogens is 294 g/mol. The fourth-order valence-corrected chi connectivity index (χ4v) is 2.25. The molecule has 1 aromatic carbocycles. The maximum absolute atomic E-state index is 9.16. The predicted octanol–water partition coefficient (Wildman–Crippen LogP) is 2.02. The first-order valence-electron chi connectivity index (χ1n) is 7.66. The quantitative estimate of drug-likeness (QED) is 0.685. The van der Waals surface area contributed by atoms with Gasteiger partial charge in [-0.05, 0) is 26.0 Å². The van der Waals surface area contributed by atoms with Crippen LogP contribution in [0.4, 0.5) is 23.0 Å². The van der Waals surface area contributed by atoms with E-state index in [4.69, 9.17) is 15.6 Å². The molecule has 0 unspecified atom stereocenters. The topological polar surface area (TPSA) is 96.5 Å². The number of nitrogens with one attached hydrogen (secondary N) is 1. The Balaban J connectivity index is 2.31. The van der Waals surface area contributed by atoms with Crippen LogP contribution in [0.1, 0.15) is 13.8 Å². The zero-order valence-corrected chi connectivity index (χ0v) is 13.5. The molecule has 0 spiro atoms. The summed E-state index contributed by atoms with van der Waals surface area (Å²) in [6.07, 6.45) is 1.46. The van der Waals surface area contributed by atoms with E-state index in [1.54, 1.807) is 0 Å². The first-order chi connectivity index (χ1) is 11.2. The number of rotatable bonds is 8. The minimum atomic E-state index is 0.0349.